The van der Waals surface area contributed by atoms with Crippen LogP contribution in [0.2, 0.25) is 10.0 Å². The first kappa shape index (κ1) is 28.8. The zero-order chi connectivity index (χ0) is 29.9. The molecule has 7 nitrogen and oxygen atoms in total. The minimum atomic E-state index is -1.58. The second kappa shape index (κ2) is 10.3. The molecule has 2 amide bonds. The molecule has 214 valence electrons. The lowest BCUT2D eigenvalue weighted by Gasteiger charge is -2.47. The van der Waals surface area contributed by atoms with Crippen molar-refractivity contribution in [1.29, 1.82) is 0 Å². The number of amides is 2. The van der Waals surface area contributed by atoms with Crippen LogP contribution in [0.3, 0.4) is 0 Å². The number of hydrogen-bond acceptors (Lipinski definition) is 5. The molecule has 3 aromatic rings. The molecule has 0 radical (unpaired) electrons. The van der Waals surface area contributed by atoms with Crippen molar-refractivity contribution in [2.45, 2.75) is 50.2 Å². The van der Waals surface area contributed by atoms with Crippen LogP contribution in [-0.4, -0.2) is 30.5 Å². The Morgan fingerprint density at radius 1 is 1.00 bits per heavy atom. The average Bonchev–Trinajstić information content (AvgIpc) is 3.18. The Morgan fingerprint density at radius 3 is 2.37 bits per heavy atom. The molecule has 0 aliphatic carbocycles. The fourth-order valence-corrected chi connectivity index (χ4v) is 6.29. The van der Waals surface area contributed by atoms with Gasteiger partial charge in [-0.2, -0.15) is 0 Å². The smallest absolute Gasteiger partial charge is 0.349 e. The van der Waals surface area contributed by atoms with E-state index >= 15 is 0 Å². The highest BCUT2D eigenvalue weighted by Gasteiger charge is 2.62. The number of halogens is 4. The summed E-state index contributed by atoms with van der Waals surface area (Å²) in [6, 6.07) is 10.4. The summed E-state index contributed by atoms with van der Waals surface area (Å²) >= 11 is 12.7. The highest BCUT2D eigenvalue weighted by Crippen LogP contribution is 2.59. The highest BCUT2D eigenvalue weighted by molar-refractivity contribution is 6.31. The van der Waals surface area contributed by atoms with E-state index in [0.29, 0.717) is 32.4 Å². The third-order valence-corrected chi connectivity index (χ3v) is 8.23. The maximum absolute atomic E-state index is 14.7. The van der Waals surface area contributed by atoms with Gasteiger partial charge in [0.25, 0.3) is 0 Å². The van der Waals surface area contributed by atoms with Gasteiger partial charge in [0.05, 0.1) is 13.2 Å². The fraction of sp³-hybridized carbons (Fsp3) is 0.300. The zero-order valence-corrected chi connectivity index (χ0v) is 24.0. The summed E-state index contributed by atoms with van der Waals surface area (Å²) in [4.78, 5) is 40.1. The number of rotatable bonds is 5. The average molecular weight is 603 g/mol. The number of nitrogens with one attached hydrogen (secondary N) is 2. The molecule has 3 unspecified atom stereocenters. The second-order valence-corrected chi connectivity index (χ2v) is 11.6. The monoisotopic (exact) mass is 602 g/mol. The van der Waals surface area contributed by atoms with Crippen molar-refractivity contribution in [3.63, 3.8) is 0 Å². The number of benzene rings is 3. The first-order chi connectivity index (χ1) is 19.3. The van der Waals surface area contributed by atoms with Gasteiger partial charge in [0.1, 0.15) is 11.2 Å². The third-order valence-electron chi connectivity index (χ3n) is 7.76. The summed E-state index contributed by atoms with van der Waals surface area (Å²) in [5.74, 6) is -4.51. The number of fused-ring (bicyclic) bond motifs is 2. The molecule has 11 heteroatoms. The van der Waals surface area contributed by atoms with E-state index in [0.717, 1.165) is 12.1 Å². The first-order valence-electron chi connectivity index (χ1n) is 12.7. The molecular weight excluding hydrogens is 577 g/mol. The summed E-state index contributed by atoms with van der Waals surface area (Å²) in [5, 5.41) is 6.41. The third kappa shape index (κ3) is 4.71. The Bertz CT molecular complexity index is 1610. The van der Waals surface area contributed by atoms with Crippen molar-refractivity contribution in [2.75, 3.05) is 12.4 Å². The van der Waals surface area contributed by atoms with Gasteiger partial charge in [-0.3, -0.25) is 9.59 Å². The topological polar surface area (TPSA) is 93.7 Å². The Balaban J connectivity index is 1.81. The van der Waals surface area contributed by atoms with E-state index in [1.807, 2.05) is 0 Å². The van der Waals surface area contributed by atoms with Crippen LogP contribution in [0.5, 0.6) is 5.75 Å². The van der Waals surface area contributed by atoms with Crippen LogP contribution >= 0.6 is 23.2 Å². The minimum Gasteiger partial charge on any atom is -0.476 e. The van der Waals surface area contributed by atoms with E-state index in [9.17, 15) is 23.2 Å². The zero-order valence-electron chi connectivity index (χ0n) is 22.5. The van der Waals surface area contributed by atoms with Gasteiger partial charge in [0, 0.05) is 33.6 Å². The van der Waals surface area contributed by atoms with Crippen molar-refractivity contribution < 1.29 is 32.6 Å². The first-order valence-corrected chi connectivity index (χ1v) is 13.5. The summed E-state index contributed by atoms with van der Waals surface area (Å²) in [6.45, 7) is 4.62. The minimum absolute atomic E-state index is 0.190. The number of esters is 1. The molecule has 2 aliphatic rings. The van der Waals surface area contributed by atoms with E-state index in [-0.39, 0.29) is 17.7 Å². The number of carbonyl (C=O) groups excluding carboxylic acids is 3. The van der Waals surface area contributed by atoms with E-state index < -0.39 is 52.4 Å². The van der Waals surface area contributed by atoms with Crippen LogP contribution < -0.4 is 15.4 Å². The SMILES string of the molecule is COC(=O)C(C)(C)Oc1ccc(Cl)cc1C1CC(=O)NC(c2cc(F)c(F)cc2C)C12C(=O)Nc1cc(Cl)ccc12. The predicted octanol–water partition coefficient (Wildman–Crippen LogP) is 6.15. The summed E-state index contributed by atoms with van der Waals surface area (Å²) < 4.78 is 39.9. The van der Waals surface area contributed by atoms with Crippen molar-refractivity contribution in [1.82, 2.24) is 5.32 Å². The molecule has 0 bridgehead atoms. The molecule has 3 aromatic carbocycles. The van der Waals surface area contributed by atoms with Crippen molar-refractivity contribution in [2.24, 2.45) is 0 Å². The molecule has 0 aromatic heterocycles. The summed E-state index contributed by atoms with van der Waals surface area (Å²) in [7, 11) is 1.23. The Hall–Kier alpha value is -3.69. The predicted molar refractivity (Wildman–Crippen MR) is 149 cm³/mol. The molecular formula is C30H26Cl2F2N2O5. The summed E-state index contributed by atoms with van der Waals surface area (Å²) in [5.41, 5.74) is -1.20. The number of hydrogen-bond donors (Lipinski definition) is 2. The van der Waals surface area contributed by atoms with Crippen LogP contribution in [0.15, 0.2) is 48.5 Å². The van der Waals surface area contributed by atoms with E-state index in [2.05, 4.69) is 10.6 Å². The molecule has 1 saturated heterocycles. The molecule has 5 rings (SSSR count). The maximum atomic E-state index is 14.7. The standard InChI is InChI=1S/C30H26Cl2F2N2O5/c1-14-9-21(33)22(34)12-17(14)26-30(19-7-5-16(32)11-23(19)35-27(30)38)20(13-25(37)36-26)18-10-15(31)6-8-24(18)41-29(2,3)28(39)40-4/h5-12,20,26H,13H2,1-4H3,(H,35,38)(H,36,37). The Labute approximate surface area is 245 Å². The van der Waals surface area contributed by atoms with Crippen molar-refractivity contribution in [3.8, 4) is 5.75 Å². The van der Waals surface area contributed by atoms with Gasteiger partial charge in [-0.15, -0.1) is 0 Å². The number of ether oxygens (including phenoxy) is 2. The van der Waals surface area contributed by atoms with Crippen LogP contribution in [0.4, 0.5) is 14.5 Å². The van der Waals surface area contributed by atoms with Gasteiger partial charge in [-0.05, 0) is 79.9 Å². The van der Waals surface area contributed by atoms with E-state index in [1.54, 1.807) is 43.3 Å². The molecule has 2 heterocycles. The molecule has 2 aliphatic heterocycles. The van der Waals surface area contributed by atoms with Crippen LogP contribution in [0.25, 0.3) is 0 Å². The van der Waals surface area contributed by atoms with Gasteiger partial charge in [-0.1, -0.05) is 29.3 Å². The van der Waals surface area contributed by atoms with Crippen LogP contribution in [0.1, 0.15) is 54.5 Å². The molecule has 41 heavy (non-hydrogen) atoms. The molecule has 3 atom stereocenters. The van der Waals surface area contributed by atoms with Gasteiger partial charge < -0.3 is 20.1 Å². The Morgan fingerprint density at radius 2 is 1.66 bits per heavy atom. The van der Waals surface area contributed by atoms with Crippen LogP contribution in [-0.2, 0) is 24.5 Å². The van der Waals surface area contributed by atoms with Gasteiger partial charge in [-0.25, -0.2) is 13.6 Å². The van der Waals surface area contributed by atoms with Gasteiger partial charge in [0.2, 0.25) is 11.8 Å². The maximum Gasteiger partial charge on any atom is 0.349 e. The lowest BCUT2D eigenvalue weighted by molar-refractivity contribution is -0.156. The van der Waals surface area contributed by atoms with Gasteiger partial charge in [0.15, 0.2) is 17.2 Å². The van der Waals surface area contributed by atoms with Crippen molar-refractivity contribution in [3.05, 3.63) is 92.5 Å². The summed E-state index contributed by atoms with van der Waals surface area (Å²) in [6.07, 6.45) is -0.190. The van der Waals surface area contributed by atoms with Crippen LogP contribution in [0, 0.1) is 18.6 Å². The highest BCUT2D eigenvalue weighted by atomic mass is 35.5. The molecule has 1 fully saturated rings. The molecule has 2 N–H and O–H groups in total. The quantitative estimate of drug-likeness (QED) is 0.342. The number of carbonyl (C=O) groups is 3. The van der Waals surface area contributed by atoms with Crippen molar-refractivity contribution >= 4 is 46.7 Å². The lowest BCUT2D eigenvalue weighted by Crippen LogP contribution is -2.57. The van der Waals surface area contributed by atoms with E-state index in [1.165, 1.54) is 21.0 Å². The number of anilines is 1. The second-order valence-electron chi connectivity index (χ2n) is 10.7. The molecule has 1 spiro atoms. The number of aryl methyl sites for hydroxylation is 1. The normalized spacial score (nSPS) is 21.8. The fourth-order valence-electron chi connectivity index (χ4n) is 5.94. The Kier molecular flexibility index (Phi) is 7.24. The van der Waals surface area contributed by atoms with E-state index in [4.69, 9.17) is 32.7 Å². The lowest BCUT2D eigenvalue weighted by atomic mass is 9.59. The number of piperidine rings is 1. The largest absolute Gasteiger partial charge is 0.476 e. The van der Waals surface area contributed by atoms with Gasteiger partial charge >= 0.3 is 5.97 Å². The molecule has 0 saturated carbocycles. The number of methoxy groups -OCH3 is 1.